The molecule has 1 aromatic heterocycles. The molecule has 0 saturated carbocycles. The maximum Gasteiger partial charge on any atom is 0.417 e. The summed E-state index contributed by atoms with van der Waals surface area (Å²) in [6.45, 7) is 1.38. The van der Waals surface area contributed by atoms with Gasteiger partial charge >= 0.3 is 6.18 Å². The maximum absolute atomic E-state index is 13.0. The van der Waals surface area contributed by atoms with Crippen LogP contribution in [0.5, 0.6) is 11.5 Å². The molecule has 5 nitrogen and oxygen atoms in total. The van der Waals surface area contributed by atoms with Gasteiger partial charge in [0, 0.05) is 24.4 Å². The van der Waals surface area contributed by atoms with Crippen molar-refractivity contribution in [1.29, 1.82) is 0 Å². The Labute approximate surface area is 169 Å². The van der Waals surface area contributed by atoms with Gasteiger partial charge in [0.05, 0.1) is 16.8 Å². The van der Waals surface area contributed by atoms with Crippen molar-refractivity contribution >= 4 is 34.7 Å². The first-order chi connectivity index (χ1) is 13.7. The van der Waals surface area contributed by atoms with Gasteiger partial charge in [-0.25, -0.2) is 4.98 Å². The van der Waals surface area contributed by atoms with E-state index in [1.54, 1.807) is 36.4 Å². The fourth-order valence-corrected chi connectivity index (χ4v) is 2.68. The molecule has 29 heavy (non-hydrogen) atoms. The van der Waals surface area contributed by atoms with Crippen molar-refractivity contribution in [2.24, 2.45) is 0 Å². The molecular weight excluding hydrogens is 407 g/mol. The van der Waals surface area contributed by atoms with Crippen molar-refractivity contribution in [3.05, 3.63) is 71.4 Å². The summed E-state index contributed by atoms with van der Waals surface area (Å²) >= 11 is 5.64. The van der Waals surface area contributed by atoms with E-state index < -0.39 is 11.7 Å². The summed E-state index contributed by atoms with van der Waals surface area (Å²) in [6.07, 6.45) is -3.10. The number of nitrogens with one attached hydrogen (secondary N) is 2. The van der Waals surface area contributed by atoms with E-state index in [4.69, 9.17) is 16.3 Å². The van der Waals surface area contributed by atoms with Crippen LogP contribution in [0.15, 0.2) is 60.8 Å². The third-order valence-electron chi connectivity index (χ3n) is 3.67. The van der Waals surface area contributed by atoms with Gasteiger partial charge < -0.3 is 15.4 Å². The zero-order valence-electron chi connectivity index (χ0n) is 15.0. The van der Waals surface area contributed by atoms with Gasteiger partial charge in [-0.15, -0.1) is 0 Å². The Balaban J connectivity index is 1.74. The fraction of sp³-hybridized carbons (Fsp3) is 0.100. The fourth-order valence-electron chi connectivity index (χ4n) is 2.46. The number of halogens is 4. The number of anilines is 3. The van der Waals surface area contributed by atoms with Crippen LogP contribution in [0.1, 0.15) is 12.5 Å². The lowest BCUT2D eigenvalue weighted by Gasteiger charge is -2.13. The molecule has 3 aromatic rings. The molecule has 0 bridgehead atoms. The first-order valence-electron chi connectivity index (χ1n) is 8.36. The molecule has 0 aliphatic heterocycles. The number of benzene rings is 2. The van der Waals surface area contributed by atoms with E-state index in [-0.39, 0.29) is 16.6 Å². The zero-order valence-corrected chi connectivity index (χ0v) is 15.8. The highest BCUT2D eigenvalue weighted by atomic mass is 35.5. The lowest BCUT2D eigenvalue weighted by atomic mass is 10.2. The second-order valence-corrected chi connectivity index (χ2v) is 6.41. The van der Waals surface area contributed by atoms with Crippen LogP contribution >= 0.6 is 11.6 Å². The Morgan fingerprint density at radius 2 is 1.79 bits per heavy atom. The molecule has 0 unspecified atom stereocenters. The molecule has 2 N–H and O–H groups in total. The number of carbonyl (C=O) groups is 1. The number of hydrogen-bond donors (Lipinski definition) is 2. The van der Waals surface area contributed by atoms with Crippen LogP contribution < -0.4 is 15.4 Å². The van der Waals surface area contributed by atoms with E-state index in [1.165, 1.54) is 25.3 Å². The summed E-state index contributed by atoms with van der Waals surface area (Å²) in [6, 6.07) is 13.5. The second kappa shape index (κ2) is 8.40. The van der Waals surface area contributed by atoms with Gasteiger partial charge in [0.25, 0.3) is 0 Å². The Morgan fingerprint density at radius 3 is 2.45 bits per heavy atom. The molecule has 1 heterocycles. The number of aromatic nitrogens is 1. The molecule has 2 aromatic carbocycles. The lowest BCUT2D eigenvalue weighted by Crippen LogP contribution is -2.06. The third-order valence-corrected chi connectivity index (χ3v) is 4.00. The van der Waals surface area contributed by atoms with Gasteiger partial charge in [-0.05, 0) is 42.5 Å². The number of nitrogens with zero attached hydrogens (tertiary/aromatic N) is 1. The molecule has 3 rings (SSSR count). The summed E-state index contributed by atoms with van der Waals surface area (Å²) < 4.78 is 44.7. The van der Waals surface area contributed by atoms with Crippen molar-refractivity contribution in [2.45, 2.75) is 13.1 Å². The summed E-state index contributed by atoms with van der Waals surface area (Å²) in [5.74, 6) is 1.04. The van der Waals surface area contributed by atoms with E-state index in [9.17, 15) is 18.0 Å². The topological polar surface area (TPSA) is 63.2 Å². The van der Waals surface area contributed by atoms with Crippen LogP contribution in [0, 0.1) is 0 Å². The van der Waals surface area contributed by atoms with Gasteiger partial charge in [-0.1, -0.05) is 17.7 Å². The Bertz CT molecular complexity index is 1020. The number of rotatable bonds is 5. The SMILES string of the molecule is CC(=O)Nc1ccc(Oc2cccc(Nc3ccc(Cl)c(C(F)(F)F)c3)c2)cn1. The monoisotopic (exact) mass is 421 g/mol. The number of pyridine rings is 1. The number of hydrogen-bond acceptors (Lipinski definition) is 4. The minimum Gasteiger partial charge on any atom is -0.456 e. The van der Waals surface area contributed by atoms with Gasteiger partial charge in [0.2, 0.25) is 5.91 Å². The maximum atomic E-state index is 13.0. The van der Waals surface area contributed by atoms with Crippen molar-refractivity contribution in [2.75, 3.05) is 10.6 Å². The van der Waals surface area contributed by atoms with Crippen molar-refractivity contribution < 1.29 is 22.7 Å². The van der Waals surface area contributed by atoms with E-state index in [0.29, 0.717) is 23.0 Å². The number of amides is 1. The molecule has 0 saturated heterocycles. The van der Waals surface area contributed by atoms with E-state index in [0.717, 1.165) is 6.07 Å². The van der Waals surface area contributed by atoms with Crippen molar-refractivity contribution in [3.63, 3.8) is 0 Å². The summed E-state index contributed by atoms with van der Waals surface area (Å²) in [4.78, 5) is 15.1. The predicted octanol–water partition coefficient (Wildman–Crippen LogP) is 6.25. The number of ether oxygens (including phenoxy) is 1. The smallest absolute Gasteiger partial charge is 0.417 e. The van der Waals surface area contributed by atoms with Gasteiger partial charge in [0.15, 0.2) is 0 Å². The Hall–Kier alpha value is -3.26. The summed E-state index contributed by atoms with van der Waals surface area (Å²) in [7, 11) is 0. The zero-order chi connectivity index (χ0) is 21.0. The highest BCUT2D eigenvalue weighted by molar-refractivity contribution is 6.31. The normalized spacial score (nSPS) is 11.1. The standard InChI is InChI=1S/C20H15ClF3N3O2/c1-12(28)26-19-8-6-16(11-25-19)29-15-4-2-3-13(9-15)27-14-5-7-18(21)17(10-14)20(22,23)24/h2-11,27H,1H3,(H,25,26,28). The summed E-state index contributed by atoms with van der Waals surface area (Å²) in [5, 5.41) is 5.08. The molecule has 9 heteroatoms. The highest BCUT2D eigenvalue weighted by Gasteiger charge is 2.33. The Morgan fingerprint density at radius 1 is 1.03 bits per heavy atom. The van der Waals surface area contributed by atoms with Crippen molar-refractivity contribution in [3.8, 4) is 11.5 Å². The minimum absolute atomic E-state index is 0.235. The van der Waals surface area contributed by atoms with E-state index in [2.05, 4.69) is 15.6 Å². The van der Waals surface area contributed by atoms with Crippen molar-refractivity contribution in [1.82, 2.24) is 4.98 Å². The Kier molecular flexibility index (Phi) is 5.93. The molecular formula is C20H15ClF3N3O2. The molecule has 0 aliphatic carbocycles. The highest BCUT2D eigenvalue weighted by Crippen LogP contribution is 2.37. The van der Waals surface area contributed by atoms with E-state index >= 15 is 0 Å². The van der Waals surface area contributed by atoms with E-state index in [1.807, 2.05) is 0 Å². The second-order valence-electron chi connectivity index (χ2n) is 6.01. The molecule has 150 valence electrons. The largest absolute Gasteiger partial charge is 0.456 e. The first-order valence-corrected chi connectivity index (χ1v) is 8.74. The number of alkyl halides is 3. The van der Waals surface area contributed by atoms with Crippen LogP contribution in [-0.4, -0.2) is 10.9 Å². The lowest BCUT2D eigenvalue weighted by molar-refractivity contribution is -0.137. The van der Waals surface area contributed by atoms with Crippen LogP contribution in [0.2, 0.25) is 5.02 Å². The van der Waals surface area contributed by atoms with Gasteiger partial charge in [0.1, 0.15) is 17.3 Å². The first kappa shape index (κ1) is 20.5. The average Bonchev–Trinajstić information content (AvgIpc) is 2.64. The van der Waals surface area contributed by atoms with Gasteiger partial charge in [-0.2, -0.15) is 13.2 Å². The van der Waals surface area contributed by atoms with Crippen LogP contribution in [0.4, 0.5) is 30.4 Å². The van der Waals surface area contributed by atoms with Crippen LogP contribution in [-0.2, 0) is 11.0 Å². The average molecular weight is 422 g/mol. The predicted molar refractivity (Wildman–Crippen MR) is 105 cm³/mol. The van der Waals surface area contributed by atoms with Crippen LogP contribution in [0.25, 0.3) is 0 Å². The quantitative estimate of drug-likeness (QED) is 0.511. The summed E-state index contributed by atoms with van der Waals surface area (Å²) in [5.41, 5.74) is -0.150. The van der Waals surface area contributed by atoms with Gasteiger partial charge in [-0.3, -0.25) is 4.79 Å². The third kappa shape index (κ3) is 5.61. The molecule has 0 spiro atoms. The van der Waals surface area contributed by atoms with Crippen LogP contribution in [0.3, 0.4) is 0 Å². The molecule has 0 radical (unpaired) electrons. The molecule has 1 amide bonds. The molecule has 0 fully saturated rings. The minimum atomic E-state index is -4.55. The molecule has 0 aliphatic rings. The molecule has 0 atom stereocenters. The number of carbonyl (C=O) groups excluding carboxylic acids is 1.